The minimum Gasteiger partial charge on any atom is -0.326 e. The van der Waals surface area contributed by atoms with Gasteiger partial charge in [0.25, 0.3) is 10.0 Å². The predicted molar refractivity (Wildman–Crippen MR) is 84.2 cm³/mol. The van der Waals surface area contributed by atoms with Crippen LogP contribution in [0, 0.1) is 13.8 Å². The predicted octanol–water partition coefficient (Wildman–Crippen LogP) is 3.04. The summed E-state index contributed by atoms with van der Waals surface area (Å²) >= 11 is 0. The third-order valence-corrected chi connectivity index (χ3v) is 4.77. The van der Waals surface area contributed by atoms with Gasteiger partial charge in [-0.05, 0) is 37.1 Å². The van der Waals surface area contributed by atoms with Crippen molar-refractivity contribution in [3.8, 4) is 0 Å². The highest BCUT2D eigenvalue weighted by molar-refractivity contribution is 7.90. The zero-order valence-corrected chi connectivity index (χ0v) is 12.8. The van der Waals surface area contributed by atoms with Crippen molar-refractivity contribution in [2.45, 2.75) is 25.3 Å². The van der Waals surface area contributed by atoms with Crippen LogP contribution in [0.25, 0.3) is 0 Å². The second-order valence-electron chi connectivity index (χ2n) is 5.28. The molecule has 0 aromatic heterocycles. The first-order chi connectivity index (χ1) is 9.95. The highest BCUT2D eigenvalue weighted by Crippen LogP contribution is 2.31. The van der Waals surface area contributed by atoms with Gasteiger partial charge in [-0.15, -0.1) is 4.40 Å². The molecule has 0 saturated heterocycles. The van der Waals surface area contributed by atoms with Crippen molar-refractivity contribution in [2.24, 2.45) is 4.40 Å². The van der Waals surface area contributed by atoms with Gasteiger partial charge in [-0.2, -0.15) is 8.42 Å². The Morgan fingerprint density at radius 2 is 1.67 bits per heavy atom. The van der Waals surface area contributed by atoms with Gasteiger partial charge in [0.15, 0.2) is 0 Å². The van der Waals surface area contributed by atoms with Crippen molar-refractivity contribution in [1.82, 2.24) is 0 Å². The molecule has 1 heterocycles. The molecular weight excluding hydrogens is 284 g/mol. The number of rotatable bonds is 2. The number of sulfonamides is 1. The van der Waals surface area contributed by atoms with Crippen LogP contribution in [-0.2, 0) is 16.6 Å². The average Bonchev–Trinajstić information content (AvgIpc) is 2.44. The van der Waals surface area contributed by atoms with E-state index in [1.54, 1.807) is 12.1 Å². The topological polar surface area (TPSA) is 49.7 Å². The molecule has 0 radical (unpaired) electrons. The summed E-state index contributed by atoms with van der Waals surface area (Å²) in [4.78, 5) is 2.14. The van der Waals surface area contributed by atoms with Gasteiger partial charge < -0.3 is 4.90 Å². The van der Waals surface area contributed by atoms with E-state index in [9.17, 15) is 8.42 Å². The van der Waals surface area contributed by atoms with E-state index in [2.05, 4.69) is 4.40 Å². The smallest absolute Gasteiger partial charge is 0.285 e. The highest BCUT2D eigenvalue weighted by Gasteiger charge is 2.25. The van der Waals surface area contributed by atoms with E-state index in [0.29, 0.717) is 12.2 Å². The van der Waals surface area contributed by atoms with Crippen LogP contribution in [0.4, 0.5) is 5.69 Å². The Morgan fingerprint density at radius 3 is 2.38 bits per heavy atom. The maximum absolute atomic E-state index is 12.0. The maximum atomic E-state index is 12.0. The molecule has 4 nitrogen and oxygen atoms in total. The summed E-state index contributed by atoms with van der Waals surface area (Å²) in [5.41, 5.74) is 4.02. The number of aryl methyl sites for hydroxylation is 2. The number of anilines is 1. The summed E-state index contributed by atoms with van der Waals surface area (Å²) < 4.78 is 27.7. The molecule has 0 unspecified atom stereocenters. The largest absolute Gasteiger partial charge is 0.326 e. The van der Waals surface area contributed by atoms with E-state index in [1.165, 1.54) is 11.9 Å². The minimum absolute atomic E-state index is 0.266. The molecule has 0 atom stereocenters. The van der Waals surface area contributed by atoms with Crippen LogP contribution in [0.1, 0.15) is 16.7 Å². The quantitative estimate of drug-likeness (QED) is 0.856. The van der Waals surface area contributed by atoms with Crippen LogP contribution in [0.2, 0.25) is 0 Å². The molecule has 0 amide bonds. The third-order valence-electron chi connectivity index (χ3n) is 3.50. The van der Waals surface area contributed by atoms with Crippen LogP contribution in [0.3, 0.4) is 0 Å². The van der Waals surface area contributed by atoms with Gasteiger partial charge in [-0.3, -0.25) is 0 Å². The van der Waals surface area contributed by atoms with Crippen molar-refractivity contribution in [2.75, 3.05) is 4.90 Å². The Hall–Kier alpha value is -2.14. The van der Waals surface area contributed by atoms with E-state index in [-0.39, 0.29) is 4.90 Å². The lowest BCUT2D eigenvalue weighted by Gasteiger charge is -2.25. The van der Waals surface area contributed by atoms with Crippen LogP contribution >= 0.6 is 0 Å². The van der Waals surface area contributed by atoms with Crippen LogP contribution in [0.5, 0.6) is 0 Å². The molecular formula is C16H16N2O2S. The average molecular weight is 300 g/mol. The molecule has 2 aromatic rings. The van der Waals surface area contributed by atoms with Crippen molar-refractivity contribution in [1.29, 1.82) is 0 Å². The number of hydrogen-bond acceptors (Lipinski definition) is 3. The van der Waals surface area contributed by atoms with E-state index in [1.807, 2.05) is 49.1 Å². The summed E-state index contributed by atoms with van der Waals surface area (Å²) in [5, 5.41) is 0. The first kappa shape index (κ1) is 13.8. The fraction of sp³-hybridized carbons (Fsp3) is 0.188. The molecule has 3 rings (SSSR count). The third kappa shape index (κ3) is 2.69. The summed E-state index contributed by atoms with van der Waals surface area (Å²) in [6.45, 7) is 4.58. The van der Waals surface area contributed by atoms with Crippen molar-refractivity contribution < 1.29 is 8.42 Å². The van der Waals surface area contributed by atoms with Gasteiger partial charge >= 0.3 is 0 Å². The molecule has 0 bridgehead atoms. The second-order valence-corrected chi connectivity index (χ2v) is 6.88. The molecule has 0 saturated carbocycles. The van der Waals surface area contributed by atoms with Crippen molar-refractivity contribution >= 4 is 22.0 Å². The summed E-state index contributed by atoms with van der Waals surface area (Å²) in [6.07, 6.45) is 1.40. The van der Waals surface area contributed by atoms with Crippen molar-refractivity contribution in [3.63, 3.8) is 0 Å². The van der Waals surface area contributed by atoms with E-state index in [0.717, 1.165) is 11.1 Å². The number of nitrogens with zero attached hydrogens (tertiary/aromatic N) is 2. The normalized spacial score (nSPS) is 15.8. The van der Waals surface area contributed by atoms with E-state index < -0.39 is 10.0 Å². The molecule has 21 heavy (non-hydrogen) atoms. The monoisotopic (exact) mass is 300 g/mol. The van der Waals surface area contributed by atoms with E-state index in [4.69, 9.17) is 0 Å². The zero-order chi connectivity index (χ0) is 15.0. The second kappa shape index (κ2) is 5.00. The molecule has 0 spiro atoms. The lowest BCUT2D eigenvalue weighted by atomic mass is 10.1. The van der Waals surface area contributed by atoms with Gasteiger partial charge in [-0.25, -0.2) is 0 Å². The number of hydrogen-bond donors (Lipinski definition) is 0. The standard InChI is InChI=1S/C16H16N2O2S/c1-12-3-6-14(7-4-12)10-18-11-17-21(19,20)16-8-5-13(2)9-15(16)18/h3-9,11H,10H2,1-2H3. The first-order valence-electron chi connectivity index (χ1n) is 6.69. The molecule has 0 N–H and O–H groups in total. The Kier molecular flexibility index (Phi) is 3.29. The lowest BCUT2D eigenvalue weighted by molar-refractivity contribution is 0.597. The van der Waals surface area contributed by atoms with Crippen molar-refractivity contribution in [3.05, 3.63) is 59.2 Å². The molecule has 1 aliphatic rings. The molecule has 0 fully saturated rings. The number of fused-ring (bicyclic) bond motifs is 1. The van der Waals surface area contributed by atoms with Gasteiger partial charge in [0.05, 0.1) is 5.69 Å². The lowest BCUT2D eigenvalue weighted by Crippen LogP contribution is -2.26. The van der Waals surface area contributed by atoms with Crippen LogP contribution in [0.15, 0.2) is 51.8 Å². The zero-order valence-electron chi connectivity index (χ0n) is 11.9. The van der Waals surface area contributed by atoms with Gasteiger partial charge in [0.1, 0.15) is 11.2 Å². The molecule has 108 valence electrons. The molecule has 2 aromatic carbocycles. The Labute approximate surface area is 124 Å². The van der Waals surface area contributed by atoms with Crippen LogP contribution < -0.4 is 4.90 Å². The van der Waals surface area contributed by atoms with Gasteiger partial charge in [0.2, 0.25) is 0 Å². The SMILES string of the molecule is Cc1ccc(CN2C=NS(=O)(=O)c3ccc(C)cc32)cc1. The fourth-order valence-corrected chi connectivity index (χ4v) is 3.36. The fourth-order valence-electron chi connectivity index (χ4n) is 2.32. The minimum atomic E-state index is -3.56. The van der Waals surface area contributed by atoms with Gasteiger partial charge in [-0.1, -0.05) is 35.9 Å². The maximum Gasteiger partial charge on any atom is 0.285 e. The van der Waals surface area contributed by atoms with E-state index >= 15 is 0 Å². The number of benzene rings is 2. The first-order valence-corrected chi connectivity index (χ1v) is 8.13. The Morgan fingerprint density at radius 1 is 1.00 bits per heavy atom. The summed E-state index contributed by atoms with van der Waals surface area (Å²) in [7, 11) is -3.56. The van der Waals surface area contributed by atoms with Gasteiger partial charge in [0, 0.05) is 6.54 Å². The van der Waals surface area contributed by atoms with Crippen LogP contribution in [-0.4, -0.2) is 14.8 Å². The highest BCUT2D eigenvalue weighted by atomic mass is 32.2. The Bertz CT molecular complexity index is 809. The Balaban J connectivity index is 2.01. The summed E-state index contributed by atoms with van der Waals surface area (Å²) in [6, 6.07) is 13.5. The molecule has 0 aliphatic carbocycles. The molecule has 1 aliphatic heterocycles. The molecule has 5 heteroatoms. The summed E-state index contributed by atoms with van der Waals surface area (Å²) in [5.74, 6) is 0.